The van der Waals surface area contributed by atoms with Gasteiger partial charge in [-0.15, -0.1) is 0 Å². The van der Waals surface area contributed by atoms with E-state index in [1.54, 1.807) is 0 Å². The first-order chi connectivity index (χ1) is 24.9. The summed E-state index contributed by atoms with van der Waals surface area (Å²) < 4.78 is 156. The Kier molecular flexibility index (Phi) is 10.8. The van der Waals surface area contributed by atoms with Crippen molar-refractivity contribution >= 4 is 17.6 Å². The van der Waals surface area contributed by atoms with Crippen molar-refractivity contribution in [3.63, 3.8) is 0 Å². The quantitative estimate of drug-likeness (QED) is 0.168. The average molecular weight is 776 g/mol. The smallest absolute Gasteiger partial charge is 0.417 e. The average Bonchev–Trinajstić information content (AvgIpc) is 3.34. The Bertz CT molecular complexity index is 1950. The molecule has 0 aromatic heterocycles. The van der Waals surface area contributed by atoms with E-state index in [0.29, 0.717) is 29.7 Å². The van der Waals surface area contributed by atoms with E-state index in [1.807, 2.05) is 13.8 Å². The van der Waals surface area contributed by atoms with Gasteiger partial charge in [0.2, 0.25) is 0 Å². The SMILES string of the molecule is CCOC(=O)c1ccc(-c2cc(C3=C(CN4C(=O)O[C@H](c5cc(C(F)(F)F)cc(C(F)(F)F)c5)[C@@H]4C)CC(C)(C)CC3)c(OC)cc2C(F)(F)F)cc1F. The lowest BCUT2D eigenvalue weighted by Crippen LogP contribution is -2.35. The van der Waals surface area contributed by atoms with Gasteiger partial charge in [-0.25, -0.2) is 14.0 Å². The zero-order valence-electron chi connectivity index (χ0n) is 29.6. The van der Waals surface area contributed by atoms with Crippen molar-refractivity contribution in [1.82, 2.24) is 4.90 Å². The normalized spacial score (nSPS) is 19.2. The largest absolute Gasteiger partial charge is 0.496 e. The third-order valence-corrected chi connectivity index (χ3v) is 9.61. The van der Waals surface area contributed by atoms with Crippen LogP contribution in [0.3, 0.4) is 0 Å². The van der Waals surface area contributed by atoms with Gasteiger partial charge < -0.3 is 14.2 Å². The molecule has 0 spiro atoms. The summed E-state index contributed by atoms with van der Waals surface area (Å²) in [6.45, 7) is 6.45. The number of alkyl halides is 9. The molecule has 54 heavy (non-hydrogen) atoms. The highest BCUT2D eigenvalue weighted by Crippen LogP contribution is 2.49. The number of halogens is 10. The summed E-state index contributed by atoms with van der Waals surface area (Å²) in [5, 5.41) is 0. The lowest BCUT2D eigenvalue weighted by molar-refractivity contribution is -0.143. The van der Waals surface area contributed by atoms with Crippen LogP contribution >= 0.6 is 0 Å². The zero-order valence-corrected chi connectivity index (χ0v) is 29.6. The molecule has 1 amide bonds. The first-order valence-electron chi connectivity index (χ1n) is 16.7. The van der Waals surface area contributed by atoms with E-state index in [9.17, 15) is 49.1 Å². The van der Waals surface area contributed by atoms with Crippen molar-refractivity contribution < 1.29 is 67.7 Å². The van der Waals surface area contributed by atoms with Gasteiger partial charge >= 0.3 is 30.6 Å². The molecule has 292 valence electrons. The van der Waals surface area contributed by atoms with Crippen molar-refractivity contribution in [2.45, 2.75) is 77.6 Å². The predicted molar refractivity (Wildman–Crippen MR) is 176 cm³/mol. The van der Waals surface area contributed by atoms with E-state index in [1.165, 1.54) is 19.9 Å². The summed E-state index contributed by atoms with van der Waals surface area (Å²) in [5.74, 6) is -2.31. The van der Waals surface area contributed by atoms with E-state index in [0.717, 1.165) is 36.3 Å². The molecule has 3 aromatic rings. The van der Waals surface area contributed by atoms with Crippen LogP contribution in [0.15, 0.2) is 54.1 Å². The number of nitrogens with zero attached hydrogens (tertiary/aromatic N) is 1. The molecule has 1 saturated heterocycles. The summed E-state index contributed by atoms with van der Waals surface area (Å²) in [6.07, 6.45) is -16.7. The number of hydrogen-bond acceptors (Lipinski definition) is 5. The van der Waals surface area contributed by atoms with E-state index in [2.05, 4.69) is 0 Å². The number of carbonyl (C=O) groups is 2. The van der Waals surface area contributed by atoms with Gasteiger partial charge in [0.1, 0.15) is 17.7 Å². The Hall–Kier alpha value is -4.76. The van der Waals surface area contributed by atoms with Crippen LogP contribution in [0.5, 0.6) is 5.75 Å². The maximum atomic E-state index is 15.1. The Morgan fingerprint density at radius 2 is 1.54 bits per heavy atom. The van der Waals surface area contributed by atoms with E-state index >= 15 is 4.39 Å². The number of esters is 1. The number of amides is 1. The van der Waals surface area contributed by atoms with Gasteiger partial charge in [0.15, 0.2) is 0 Å². The second-order valence-electron chi connectivity index (χ2n) is 13.9. The lowest BCUT2D eigenvalue weighted by atomic mass is 9.72. The van der Waals surface area contributed by atoms with Crippen LogP contribution in [-0.2, 0) is 28.0 Å². The van der Waals surface area contributed by atoms with Gasteiger partial charge in [0.05, 0.1) is 42.0 Å². The van der Waals surface area contributed by atoms with Crippen LogP contribution in [0.4, 0.5) is 48.7 Å². The highest BCUT2D eigenvalue weighted by molar-refractivity contribution is 5.91. The molecule has 16 heteroatoms. The Balaban J connectivity index is 1.62. The highest BCUT2D eigenvalue weighted by Gasteiger charge is 2.45. The number of benzene rings is 3. The first kappa shape index (κ1) is 40.4. The molecule has 6 nitrogen and oxygen atoms in total. The predicted octanol–water partition coefficient (Wildman–Crippen LogP) is 11.3. The Morgan fingerprint density at radius 3 is 2.07 bits per heavy atom. The van der Waals surface area contributed by atoms with Crippen LogP contribution in [0.2, 0.25) is 0 Å². The van der Waals surface area contributed by atoms with Gasteiger partial charge in [-0.05, 0) is 109 Å². The van der Waals surface area contributed by atoms with Crippen molar-refractivity contribution in [3.8, 4) is 16.9 Å². The van der Waals surface area contributed by atoms with Gasteiger partial charge in [0, 0.05) is 12.1 Å². The van der Waals surface area contributed by atoms with Crippen molar-refractivity contribution in [1.29, 1.82) is 0 Å². The zero-order chi connectivity index (χ0) is 40.1. The van der Waals surface area contributed by atoms with Crippen LogP contribution in [0.1, 0.15) is 91.2 Å². The first-order valence-corrected chi connectivity index (χ1v) is 16.7. The van der Waals surface area contributed by atoms with Crippen LogP contribution in [-0.4, -0.2) is 43.3 Å². The number of cyclic esters (lactones) is 1. The second kappa shape index (κ2) is 14.5. The van der Waals surface area contributed by atoms with Crippen molar-refractivity contribution in [2.75, 3.05) is 20.3 Å². The van der Waals surface area contributed by atoms with Gasteiger partial charge in [0.25, 0.3) is 0 Å². The van der Waals surface area contributed by atoms with Crippen LogP contribution in [0, 0.1) is 11.2 Å². The molecule has 1 fully saturated rings. The molecule has 2 atom stereocenters. The van der Waals surface area contributed by atoms with Gasteiger partial charge in [-0.1, -0.05) is 19.9 Å². The maximum absolute atomic E-state index is 15.1. The van der Waals surface area contributed by atoms with Gasteiger partial charge in [-0.2, -0.15) is 39.5 Å². The summed E-state index contributed by atoms with van der Waals surface area (Å²) >= 11 is 0. The molecule has 3 aromatic carbocycles. The summed E-state index contributed by atoms with van der Waals surface area (Å²) in [4.78, 5) is 26.6. The fourth-order valence-corrected chi connectivity index (χ4v) is 6.91. The minimum atomic E-state index is -5.14. The minimum absolute atomic E-state index is 0.0290. The Morgan fingerprint density at radius 1 is 0.907 bits per heavy atom. The molecule has 0 radical (unpaired) electrons. The van der Waals surface area contributed by atoms with E-state index < -0.39 is 87.4 Å². The molecular formula is C38H35F10NO5. The molecule has 2 aliphatic rings. The molecule has 1 heterocycles. The van der Waals surface area contributed by atoms with Gasteiger partial charge in [-0.3, -0.25) is 4.90 Å². The second-order valence-corrected chi connectivity index (χ2v) is 13.9. The lowest BCUT2D eigenvalue weighted by Gasteiger charge is -2.36. The summed E-state index contributed by atoms with van der Waals surface area (Å²) in [7, 11) is 1.16. The minimum Gasteiger partial charge on any atom is -0.496 e. The summed E-state index contributed by atoms with van der Waals surface area (Å²) in [6, 6.07) is 4.79. The molecule has 1 aliphatic heterocycles. The van der Waals surface area contributed by atoms with Crippen molar-refractivity contribution in [2.24, 2.45) is 5.41 Å². The van der Waals surface area contributed by atoms with Crippen molar-refractivity contribution in [3.05, 3.63) is 93.3 Å². The summed E-state index contributed by atoms with van der Waals surface area (Å²) in [5.41, 5.74) is -5.17. The number of allylic oxidation sites excluding steroid dienone is 1. The fraction of sp³-hybridized carbons (Fsp3) is 0.421. The number of hydrogen-bond donors (Lipinski definition) is 0. The molecule has 0 bridgehead atoms. The highest BCUT2D eigenvalue weighted by atomic mass is 19.4. The monoisotopic (exact) mass is 775 g/mol. The molecule has 1 aliphatic carbocycles. The van der Waals surface area contributed by atoms with E-state index in [4.69, 9.17) is 14.2 Å². The maximum Gasteiger partial charge on any atom is 0.417 e. The standard InChI is InChI=1S/C38H35F10NO5/c1-6-53-33(50)26-8-7-20(13-30(26)39)27-15-28(31(52-5)16-29(27)38(46,47)48)25-9-10-35(3,4)17-22(25)18-49-19(2)32(54-34(49)51)21-11-23(36(40,41)42)14-24(12-21)37(43,44)45/h7-8,11-16,19,32H,6,9-10,17-18H2,1-5H3/t19-,32-/m0/s1. The molecule has 0 saturated carbocycles. The molecule has 5 rings (SSSR count). The molecule has 0 unspecified atom stereocenters. The third-order valence-electron chi connectivity index (χ3n) is 9.61. The molecular weight excluding hydrogens is 740 g/mol. The number of carbonyl (C=O) groups excluding carboxylic acids is 2. The third kappa shape index (κ3) is 8.31. The van der Waals surface area contributed by atoms with E-state index in [-0.39, 0.29) is 48.9 Å². The fourth-order valence-electron chi connectivity index (χ4n) is 6.91. The Labute approximate surface area is 303 Å². The van der Waals surface area contributed by atoms with Crippen LogP contribution in [0.25, 0.3) is 16.7 Å². The number of rotatable bonds is 8. The molecule has 0 N–H and O–H groups in total. The number of ether oxygens (including phenoxy) is 3. The number of methoxy groups -OCH3 is 1. The van der Waals surface area contributed by atoms with Crippen LogP contribution < -0.4 is 4.74 Å². The topological polar surface area (TPSA) is 65.1 Å².